The lowest BCUT2D eigenvalue weighted by molar-refractivity contribution is 0.0831. The van der Waals surface area contributed by atoms with Gasteiger partial charge in [0.2, 0.25) is 0 Å². The van der Waals surface area contributed by atoms with Crippen LogP contribution in [0.3, 0.4) is 0 Å². The molecule has 3 heterocycles. The molecule has 0 spiro atoms. The molecule has 2 aromatic heterocycles. The average Bonchev–Trinajstić information content (AvgIpc) is 3.49. The molecule has 0 bridgehead atoms. The predicted octanol–water partition coefficient (Wildman–Crippen LogP) is 5.09. The molecule has 1 saturated heterocycles. The maximum atomic E-state index is 13.0. The first-order valence-corrected chi connectivity index (χ1v) is 11.8. The first-order chi connectivity index (χ1) is 15.5. The third kappa shape index (κ3) is 3.57. The number of aromatic nitrogens is 1. The maximum Gasteiger partial charge on any atom is 0.263 e. The zero-order valence-corrected chi connectivity index (χ0v) is 19.9. The molecule has 5 rings (SSSR count). The molecule has 2 aromatic carbocycles. The Morgan fingerprint density at radius 1 is 1.19 bits per heavy atom. The third-order valence-electron chi connectivity index (χ3n) is 6.59. The molecule has 32 heavy (non-hydrogen) atoms. The Morgan fingerprint density at radius 3 is 2.78 bits per heavy atom. The van der Waals surface area contributed by atoms with Gasteiger partial charge in [-0.25, -0.2) is 0 Å². The first kappa shape index (κ1) is 21.0. The number of benzene rings is 2. The van der Waals surface area contributed by atoms with Crippen LogP contribution in [0, 0.1) is 0 Å². The first-order valence-electron chi connectivity index (χ1n) is 11.0. The largest absolute Gasteiger partial charge is 0.497 e. The lowest BCUT2D eigenvalue weighted by Crippen LogP contribution is -2.23. The van der Waals surface area contributed by atoms with Crippen LogP contribution in [0.25, 0.3) is 21.0 Å². The Kier molecular flexibility index (Phi) is 5.43. The quantitative estimate of drug-likeness (QED) is 0.428. The Labute approximate surface area is 192 Å². The van der Waals surface area contributed by atoms with Crippen molar-refractivity contribution < 1.29 is 9.53 Å². The molecular formula is C26H29N3O2S. The maximum absolute atomic E-state index is 13.0. The average molecular weight is 448 g/mol. The molecule has 5 nitrogen and oxygen atoms in total. The van der Waals surface area contributed by atoms with Crippen molar-refractivity contribution in [2.24, 2.45) is 7.05 Å². The second-order valence-corrected chi connectivity index (χ2v) is 9.96. The summed E-state index contributed by atoms with van der Waals surface area (Å²) in [4.78, 5) is 18.1. The Balaban J connectivity index is 1.43. The van der Waals surface area contributed by atoms with E-state index in [-0.39, 0.29) is 5.91 Å². The smallest absolute Gasteiger partial charge is 0.263 e. The van der Waals surface area contributed by atoms with Gasteiger partial charge in [0.05, 0.1) is 17.5 Å². The molecule has 1 aliphatic heterocycles. The van der Waals surface area contributed by atoms with Crippen LogP contribution in [0.1, 0.15) is 33.1 Å². The van der Waals surface area contributed by atoms with Crippen molar-refractivity contribution in [3.05, 3.63) is 64.7 Å². The van der Waals surface area contributed by atoms with Gasteiger partial charge in [-0.15, -0.1) is 11.3 Å². The van der Waals surface area contributed by atoms with Gasteiger partial charge in [0, 0.05) is 62.5 Å². The highest BCUT2D eigenvalue weighted by Gasteiger charge is 2.31. The van der Waals surface area contributed by atoms with Crippen molar-refractivity contribution in [2.75, 3.05) is 34.3 Å². The molecule has 1 aliphatic rings. The summed E-state index contributed by atoms with van der Waals surface area (Å²) in [6.07, 6.45) is 3.31. The van der Waals surface area contributed by atoms with Crippen LogP contribution >= 0.6 is 11.3 Å². The number of carbonyl (C=O) groups excluding carboxylic acids is 1. The van der Waals surface area contributed by atoms with Crippen LogP contribution in [0.5, 0.6) is 5.75 Å². The highest BCUT2D eigenvalue weighted by molar-refractivity contribution is 7.21. The van der Waals surface area contributed by atoms with E-state index in [0.717, 1.165) is 36.7 Å². The lowest BCUT2D eigenvalue weighted by atomic mass is 9.95. The summed E-state index contributed by atoms with van der Waals surface area (Å²) in [6.45, 7) is 2.93. The molecule has 1 atom stereocenters. The number of nitrogens with zero attached hydrogens (tertiary/aromatic N) is 3. The molecule has 6 heteroatoms. The van der Waals surface area contributed by atoms with Gasteiger partial charge in [-0.2, -0.15) is 0 Å². The van der Waals surface area contributed by atoms with Crippen LogP contribution in [-0.4, -0.2) is 54.6 Å². The fourth-order valence-electron chi connectivity index (χ4n) is 4.99. The number of hydrogen-bond acceptors (Lipinski definition) is 4. The van der Waals surface area contributed by atoms with E-state index in [2.05, 4.69) is 59.1 Å². The van der Waals surface area contributed by atoms with Gasteiger partial charge < -0.3 is 14.2 Å². The lowest BCUT2D eigenvalue weighted by Gasteiger charge is -2.17. The van der Waals surface area contributed by atoms with Crippen molar-refractivity contribution >= 4 is 38.2 Å². The number of carbonyl (C=O) groups is 1. The van der Waals surface area contributed by atoms with Gasteiger partial charge in [0.1, 0.15) is 5.75 Å². The molecule has 1 amide bonds. The van der Waals surface area contributed by atoms with Crippen LogP contribution in [0.15, 0.2) is 48.7 Å². The number of amides is 1. The minimum atomic E-state index is 0.114. The van der Waals surface area contributed by atoms with Crippen molar-refractivity contribution in [3.63, 3.8) is 0 Å². The molecule has 1 fully saturated rings. The van der Waals surface area contributed by atoms with Gasteiger partial charge in [-0.1, -0.05) is 18.2 Å². The fourth-order valence-corrected chi connectivity index (χ4v) is 6.30. The molecule has 0 unspecified atom stereocenters. The van der Waals surface area contributed by atoms with E-state index in [1.54, 1.807) is 23.3 Å². The van der Waals surface area contributed by atoms with Gasteiger partial charge in [-0.05, 0) is 47.7 Å². The highest BCUT2D eigenvalue weighted by atomic mass is 32.1. The number of hydrogen-bond donors (Lipinski definition) is 0. The summed E-state index contributed by atoms with van der Waals surface area (Å²) in [5.41, 5.74) is 3.78. The second-order valence-electron chi connectivity index (χ2n) is 8.91. The summed E-state index contributed by atoms with van der Waals surface area (Å²) in [7, 11) is 7.48. The van der Waals surface area contributed by atoms with E-state index in [1.807, 2.05) is 20.2 Å². The number of thiophene rings is 1. The minimum Gasteiger partial charge on any atom is -0.497 e. The number of ether oxygens (including phenoxy) is 1. The van der Waals surface area contributed by atoms with Gasteiger partial charge >= 0.3 is 0 Å². The van der Waals surface area contributed by atoms with E-state index < -0.39 is 0 Å². The van der Waals surface area contributed by atoms with Crippen LogP contribution in [0.4, 0.5) is 0 Å². The van der Waals surface area contributed by atoms with Crippen molar-refractivity contribution in [3.8, 4) is 5.75 Å². The normalized spacial score (nSPS) is 16.8. The Hall–Kier alpha value is -2.83. The molecule has 0 saturated carbocycles. The number of aryl methyl sites for hydroxylation is 1. The molecule has 0 radical (unpaired) electrons. The molecule has 0 N–H and O–H groups in total. The van der Waals surface area contributed by atoms with E-state index in [4.69, 9.17) is 4.74 Å². The molecule has 4 aromatic rings. The van der Waals surface area contributed by atoms with Gasteiger partial charge in [0.15, 0.2) is 0 Å². The summed E-state index contributed by atoms with van der Waals surface area (Å²) in [6, 6.07) is 14.7. The van der Waals surface area contributed by atoms with E-state index >= 15 is 0 Å². The molecule has 0 aliphatic carbocycles. The summed E-state index contributed by atoms with van der Waals surface area (Å²) in [5.74, 6) is 1.37. The highest BCUT2D eigenvalue weighted by Crippen LogP contribution is 2.41. The SMILES string of the molecule is COc1ccc2c(CN3CC[C@@H](c4c(C(=O)N(C)C)sc5ccccc45)C3)cn(C)c2c1. The second kappa shape index (κ2) is 8.26. The summed E-state index contributed by atoms with van der Waals surface area (Å²) in [5, 5.41) is 2.52. The minimum absolute atomic E-state index is 0.114. The number of fused-ring (bicyclic) bond motifs is 2. The number of rotatable bonds is 5. The topological polar surface area (TPSA) is 37.7 Å². The fraction of sp³-hybridized carbons (Fsp3) is 0.346. The zero-order valence-electron chi connectivity index (χ0n) is 19.1. The standard InChI is InChI=1S/C26H29N3O2S/c1-27(2)26(30)25-24(21-7-5-6-8-23(21)32-25)17-11-12-29(15-17)16-18-14-28(3)22-13-19(31-4)9-10-20(18)22/h5-10,13-14,17H,11-12,15-16H2,1-4H3/t17-/m1/s1. The monoisotopic (exact) mass is 447 g/mol. The van der Waals surface area contributed by atoms with Gasteiger partial charge in [0.25, 0.3) is 5.91 Å². The van der Waals surface area contributed by atoms with Crippen LogP contribution in [0.2, 0.25) is 0 Å². The van der Waals surface area contributed by atoms with Crippen molar-refractivity contribution in [2.45, 2.75) is 18.9 Å². The predicted molar refractivity (Wildman–Crippen MR) is 132 cm³/mol. The number of likely N-dealkylation sites (tertiary alicyclic amines) is 1. The van der Waals surface area contributed by atoms with Crippen molar-refractivity contribution in [1.29, 1.82) is 0 Å². The molecular weight excluding hydrogens is 418 g/mol. The number of methoxy groups -OCH3 is 1. The van der Waals surface area contributed by atoms with Gasteiger partial charge in [-0.3, -0.25) is 9.69 Å². The van der Waals surface area contributed by atoms with E-state index in [0.29, 0.717) is 5.92 Å². The van der Waals surface area contributed by atoms with E-state index in [9.17, 15) is 4.79 Å². The van der Waals surface area contributed by atoms with Crippen LogP contribution < -0.4 is 4.74 Å². The Bertz CT molecular complexity index is 1300. The van der Waals surface area contributed by atoms with Crippen molar-refractivity contribution in [1.82, 2.24) is 14.4 Å². The summed E-state index contributed by atoms with van der Waals surface area (Å²) < 4.78 is 8.79. The summed E-state index contributed by atoms with van der Waals surface area (Å²) >= 11 is 1.64. The zero-order chi connectivity index (χ0) is 22.4. The Morgan fingerprint density at radius 2 is 2.00 bits per heavy atom. The molecule has 166 valence electrons. The van der Waals surface area contributed by atoms with Crippen LogP contribution in [-0.2, 0) is 13.6 Å². The van der Waals surface area contributed by atoms with E-state index in [1.165, 1.54) is 32.1 Å². The third-order valence-corrected chi connectivity index (χ3v) is 7.76.